The Morgan fingerprint density at radius 3 is 2.94 bits per heavy atom. The Balaban J connectivity index is 1.98. The van der Waals surface area contributed by atoms with Crippen molar-refractivity contribution in [1.82, 2.24) is 10.2 Å². The first-order valence-electron chi connectivity index (χ1n) is 6.93. The van der Waals surface area contributed by atoms with Crippen molar-refractivity contribution in [2.45, 2.75) is 38.3 Å². The third-order valence-corrected chi connectivity index (χ3v) is 3.81. The van der Waals surface area contributed by atoms with Crippen molar-refractivity contribution >= 4 is 0 Å². The highest BCUT2D eigenvalue weighted by molar-refractivity contribution is 5.17. The van der Waals surface area contributed by atoms with Crippen LogP contribution in [0.25, 0.3) is 0 Å². The van der Waals surface area contributed by atoms with E-state index in [1.54, 1.807) is 12.1 Å². The molecule has 1 N–H and O–H groups in total. The van der Waals surface area contributed by atoms with Gasteiger partial charge in [-0.3, -0.25) is 4.90 Å². The number of piperidine rings is 1. The summed E-state index contributed by atoms with van der Waals surface area (Å²) in [7, 11) is 1.99. The maximum atomic E-state index is 13.7. The fraction of sp³-hybridized carbons (Fsp3) is 0.600. The van der Waals surface area contributed by atoms with Gasteiger partial charge in [-0.05, 0) is 45.5 Å². The summed E-state index contributed by atoms with van der Waals surface area (Å²) in [6, 6.07) is 7.74. The van der Waals surface area contributed by atoms with E-state index in [-0.39, 0.29) is 5.82 Å². The molecule has 1 aliphatic rings. The second-order valence-corrected chi connectivity index (χ2v) is 5.10. The molecule has 0 bridgehead atoms. The van der Waals surface area contributed by atoms with Crippen LogP contribution >= 0.6 is 0 Å². The third kappa shape index (κ3) is 3.53. The van der Waals surface area contributed by atoms with E-state index < -0.39 is 0 Å². The number of hydrogen-bond acceptors (Lipinski definition) is 2. The van der Waals surface area contributed by atoms with Crippen molar-refractivity contribution in [2.75, 3.05) is 20.1 Å². The van der Waals surface area contributed by atoms with Crippen LogP contribution < -0.4 is 5.32 Å². The minimum Gasteiger partial charge on any atom is -0.320 e. The third-order valence-electron chi connectivity index (χ3n) is 3.81. The van der Waals surface area contributed by atoms with Gasteiger partial charge in [-0.25, -0.2) is 4.39 Å². The van der Waals surface area contributed by atoms with E-state index in [0.29, 0.717) is 6.04 Å². The second kappa shape index (κ2) is 6.86. The molecule has 1 heterocycles. The van der Waals surface area contributed by atoms with E-state index in [1.807, 2.05) is 19.2 Å². The van der Waals surface area contributed by atoms with Gasteiger partial charge < -0.3 is 5.32 Å². The number of hydrogen-bond donors (Lipinski definition) is 1. The molecule has 1 aromatic rings. The highest BCUT2D eigenvalue weighted by atomic mass is 19.1. The van der Waals surface area contributed by atoms with Crippen molar-refractivity contribution in [3.05, 3.63) is 35.6 Å². The molecule has 1 atom stereocenters. The first kappa shape index (κ1) is 13.5. The molecule has 100 valence electrons. The van der Waals surface area contributed by atoms with E-state index in [0.717, 1.165) is 31.6 Å². The summed E-state index contributed by atoms with van der Waals surface area (Å²) in [6.45, 7) is 2.89. The summed E-state index contributed by atoms with van der Waals surface area (Å²) in [5.41, 5.74) is 0.828. The summed E-state index contributed by atoms with van der Waals surface area (Å²) in [5.74, 6) is -0.0737. The summed E-state index contributed by atoms with van der Waals surface area (Å²) in [4.78, 5) is 2.44. The van der Waals surface area contributed by atoms with E-state index in [4.69, 9.17) is 0 Å². The van der Waals surface area contributed by atoms with Gasteiger partial charge >= 0.3 is 0 Å². The SMILES string of the molecule is CNCCC1CCCCN1Cc1ccccc1F. The molecule has 3 heteroatoms. The fourth-order valence-electron chi connectivity index (χ4n) is 2.75. The molecule has 1 fully saturated rings. The predicted octanol–water partition coefficient (Wildman–Crippen LogP) is 2.79. The average molecular weight is 250 g/mol. The molecule has 1 saturated heterocycles. The van der Waals surface area contributed by atoms with Crippen LogP contribution in [0.2, 0.25) is 0 Å². The van der Waals surface area contributed by atoms with Gasteiger partial charge in [0.05, 0.1) is 0 Å². The molecule has 0 radical (unpaired) electrons. The van der Waals surface area contributed by atoms with Gasteiger partial charge in [-0.1, -0.05) is 24.6 Å². The Labute approximate surface area is 109 Å². The number of rotatable bonds is 5. The van der Waals surface area contributed by atoms with Gasteiger partial charge in [0.2, 0.25) is 0 Å². The van der Waals surface area contributed by atoms with Gasteiger partial charge in [0.25, 0.3) is 0 Å². The van der Waals surface area contributed by atoms with Crippen LogP contribution in [0.4, 0.5) is 4.39 Å². The van der Waals surface area contributed by atoms with Crippen LogP contribution in [-0.4, -0.2) is 31.1 Å². The molecule has 0 amide bonds. The van der Waals surface area contributed by atoms with Crippen molar-refractivity contribution in [3.63, 3.8) is 0 Å². The zero-order valence-electron chi connectivity index (χ0n) is 11.2. The highest BCUT2D eigenvalue weighted by Gasteiger charge is 2.22. The van der Waals surface area contributed by atoms with Crippen molar-refractivity contribution < 1.29 is 4.39 Å². The van der Waals surface area contributed by atoms with Gasteiger partial charge in [0.1, 0.15) is 5.82 Å². The lowest BCUT2D eigenvalue weighted by Crippen LogP contribution is -2.40. The Morgan fingerprint density at radius 1 is 1.33 bits per heavy atom. The quantitative estimate of drug-likeness (QED) is 0.864. The van der Waals surface area contributed by atoms with Crippen molar-refractivity contribution in [3.8, 4) is 0 Å². The van der Waals surface area contributed by atoms with Crippen LogP contribution in [0.15, 0.2) is 24.3 Å². The number of nitrogens with one attached hydrogen (secondary N) is 1. The Hall–Kier alpha value is -0.930. The maximum absolute atomic E-state index is 13.7. The molecule has 0 spiro atoms. The summed E-state index contributed by atoms with van der Waals surface area (Å²) >= 11 is 0. The fourth-order valence-corrected chi connectivity index (χ4v) is 2.75. The number of nitrogens with zero attached hydrogens (tertiary/aromatic N) is 1. The minimum atomic E-state index is -0.0737. The molecule has 18 heavy (non-hydrogen) atoms. The van der Waals surface area contributed by atoms with Crippen LogP contribution in [0, 0.1) is 5.82 Å². The smallest absolute Gasteiger partial charge is 0.127 e. The van der Waals surface area contributed by atoms with Crippen LogP contribution in [-0.2, 0) is 6.54 Å². The van der Waals surface area contributed by atoms with E-state index in [1.165, 1.54) is 19.3 Å². The topological polar surface area (TPSA) is 15.3 Å². The number of likely N-dealkylation sites (tertiary alicyclic amines) is 1. The molecule has 2 nitrogen and oxygen atoms in total. The second-order valence-electron chi connectivity index (χ2n) is 5.10. The van der Waals surface area contributed by atoms with Gasteiger partial charge in [0, 0.05) is 18.2 Å². The molecular weight excluding hydrogens is 227 g/mol. The molecule has 1 aromatic carbocycles. The average Bonchev–Trinajstić information content (AvgIpc) is 2.40. The predicted molar refractivity (Wildman–Crippen MR) is 73.0 cm³/mol. The normalized spacial score (nSPS) is 21.1. The summed E-state index contributed by atoms with van der Waals surface area (Å²) < 4.78 is 13.7. The van der Waals surface area contributed by atoms with Gasteiger partial charge in [-0.15, -0.1) is 0 Å². The Kier molecular flexibility index (Phi) is 5.14. The molecule has 0 saturated carbocycles. The molecule has 1 unspecified atom stereocenters. The molecule has 2 rings (SSSR count). The Morgan fingerprint density at radius 2 is 2.17 bits per heavy atom. The monoisotopic (exact) mass is 250 g/mol. The molecule has 0 aromatic heterocycles. The zero-order chi connectivity index (χ0) is 12.8. The van der Waals surface area contributed by atoms with E-state index in [2.05, 4.69) is 10.2 Å². The standard InChI is InChI=1S/C15H23FN2/c1-17-10-9-14-7-4-5-11-18(14)12-13-6-2-3-8-15(13)16/h2-3,6,8,14,17H,4-5,7,9-12H2,1H3. The van der Waals surface area contributed by atoms with Gasteiger partial charge in [-0.2, -0.15) is 0 Å². The van der Waals surface area contributed by atoms with Crippen molar-refractivity contribution in [1.29, 1.82) is 0 Å². The minimum absolute atomic E-state index is 0.0737. The molecular formula is C15H23FN2. The maximum Gasteiger partial charge on any atom is 0.127 e. The first-order valence-corrected chi connectivity index (χ1v) is 6.93. The zero-order valence-corrected chi connectivity index (χ0v) is 11.2. The number of benzene rings is 1. The van der Waals surface area contributed by atoms with Crippen LogP contribution in [0.1, 0.15) is 31.2 Å². The van der Waals surface area contributed by atoms with E-state index in [9.17, 15) is 4.39 Å². The molecule has 0 aliphatic carbocycles. The lowest BCUT2D eigenvalue weighted by Gasteiger charge is -2.36. The largest absolute Gasteiger partial charge is 0.320 e. The lowest BCUT2D eigenvalue weighted by atomic mass is 9.98. The molecule has 1 aliphatic heterocycles. The van der Waals surface area contributed by atoms with E-state index >= 15 is 0 Å². The highest BCUT2D eigenvalue weighted by Crippen LogP contribution is 2.22. The lowest BCUT2D eigenvalue weighted by molar-refractivity contribution is 0.131. The summed E-state index contributed by atoms with van der Waals surface area (Å²) in [5, 5.41) is 3.21. The Bertz CT molecular complexity index is 367. The summed E-state index contributed by atoms with van der Waals surface area (Å²) in [6.07, 6.45) is 4.95. The number of halogens is 1. The first-order chi connectivity index (χ1) is 8.81. The van der Waals surface area contributed by atoms with Crippen LogP contribution in [0.5, 0.6) is 0 Å². The van der Waals surface area contributed by atoms with Gasteiger partial charge in [0.15, 0.2) is 0 Å². The van der Waals surface area contributed by atoms with Crippen molar-refractivity contribution in [2.24, 2.45) is 0 Å². The van der Waals surface area contributed by atoms with Crippen LogP contribution in [0.3, 0.4) is 0 Å².